The molecule has 5 heteroatoms. The van der Waals surface area contributed by atoms with Gasteiger partial charge in [0, 0.05) is 9.13 Å². The Hall–Kier alpha value is -0.850. The van der Waals surface area contributed by atoms with E-state index in [0.717, 1.165) is 9.91 Å². The van der Waals surface area contributed by atoms with E-state index < -0.39 is 17.8 Å². The molecular weight excluding hydrogens is 301 g/mol. The summed E-state index contributed by atoms with van der Waals surface area (Å²) in [7, 11) is 0. The summed E-state index contributed by atoms with van der Waals surface area (Å²) < 4.78 is 27.2. The van der Waals surface area contributed by atoms with Crippen LogP contribution in [0.1, 0.15) is 11.6 Å². The molecule has 1 heterocycles. The molecule has 0 fully saturated rings. The smallest absolute Gasteiger partial charge is 0.220 e. The van der Waals surface area contributed by atoms with Crippen molar-refractivity contribution in [2.75, 3.05) is 0 Å². The molecule has 0 aromatic heterocycles. The van der Waals surface area contributed by atoms with Gasteiger partial charge in [0.15, 0.2) is 0 Å². The molecule has 1 aromatic carbocycles. The van der Waals surface area contributed by atoms with Crippen LogP contribution in [0.4, 0.5) is 8.78 Å². The van der Waals surface area contributed by atoms with Crippen molar-refractivity contribution in [2.45, 2.75) is 6.04 Å². The van der Waals surface area contributed by atoms with Crippen molar-refractivity contribution in [1.29, 1.82) is 0 Å². The zero-order chi connectivity index (χ0) is 10.1. The molecule has 0 saturated carbocycles. The van der Waals surface area contributed by atoms with Crippen LogP contribution in [-0.2, 0) is 0 Å². The highest BCUT2D eigenvalue weighted by atomic mass is 127. The van der Waals surface area contributed by atoms with E-state index in [1.807, 2.05) is 22.6 Å². The van der Waals surface area contributed by atoms with Gasteiger partial charge in [-0.1, -0.05) is 6.07 Å². The number of aliphatic imine (C=N–C) groups is 2. The fourth-order valence-corrected chi connectivity index (χ4v) is 1.67. The Morgan fingerprint density at radius 2 is 2.07 bits per heavy atom. The Bertz CT molecular complexity index is 429. The molecule has 0 aliphatic carbocycles. The van der Waals surface area contributed by atoms with E-state index in [-0.39, 0.29) is 5.56 Å². The minimum Gasteiger partial charge on any atom is -0.256 e. The summed E-state index contributed by atoms with van der Waals surface area (Å²) in [6.45, 7) is 0. The molecule has 0 N–H and O–H groups in total. The van der Waals surface area contributed by atoms with Gasteiger partial charge in [-0.3, -0.25) is 4.99 Å². The van der Waals surface area contributed by atoms with Crippen LogP contribution in [-0.4, -0.2) is 12.3 Å². The summed E-state index contributed by atoms with van der Waals surface area (Å²) >= 11 is 1.99. The lowest BCUT2D eigenvalue weighted by Crippen LogP contribution is -2.04. The first kappa shape index (κ1) is 9.70. The van der Waals surface area contributed by atoms with E-state index in [1.165, 1.54) is 12.1 Å². The van der Waals surface area contributed by atoms with Crippen LogP contribution in [0.5, 0.6) is 0 Å². The lowest BCUT2D eigenvalue weighted by molar-refractivity contribution is 0.598. The highest BCUT2D eigenvalue weighted by molar-refractivity contribution is 14.1. The Morgan fingerprint density at radius 3 is 2.64 bits per heavy atom. The van der Waals surface area contributed by atoms with E-state index in [1.54, 1.807) is 6.07 Å². The summed E-state index contributed by atoms with van der Waals surface area (Å²) in [6, 6.07) is 3.68. The topological polar surface area (TPSA) is 24.7 Å². The van der Waals surface area contributed by atoms with Crippen molar-refractivity contribution in [3.05, 3.63) is 33.1 Å². The molecule has 1 unspecified atom stereocenters. The monoisotopic (exact) mass is 306 g/mol. The fourth-order valence-electron chi connectivity index (χ4n) is 1.22. The Balaban J connectivity index is 2.42. The molecule has 0 amide bonds. The summed E-state index contributed by atoms with van der Waals surface area (Å²) in [5.41, 5.74) is 0.223. The van der Waals surface area contributed by atoms with Crippen molar-refractivity contribution in [3.63, 3.8) is 0 Å². The molecule has 72 valence electrons. The maximum atomic E-state index is 13.4. The van der Waals surface area contributed by atoms with Gasteiger partial charge in [0.05, 0.1) is 0 Å². The van der Waals surface area contributed by atoms with Crippen molar-refractivity contribution in [1.82, 2.24) is 0 Å². The molecular formula is C9H5F2IN2. The molecule has 2 rings (SSSR count). The van der Waals surface area contributed by atoms with Crippen LogP contribution < -0.4 is 0 Å². The predicted octanol–water partition coefficient (Wildman–Crippen LogP) is 2.88. The highest BCUT2D eigenvalue weighted by Crippen LogP contribution is 2.26. The van der Waals surface area contributed by atoms with Crippen LogP contribution >= 0.6 is 22.6 Å². The molecule has 1 aromatic rings. The van der Waals surface area contributed by atoms with Crippen molar-refractivity contribution in [2.24, 2.45) is 9.98 Å². The van der Waals surface area contributed by atoms with Gasteiger partial charge in [-0.25, -0.2) is 9.38 Å². The maximum absolute atomic E-state index is 13.4. The first-order valence-corrected chi connectivity index (χ1v) is 4.96. The molecule has 1 atom stereocenters. The van der Waals surface area contributed by atoms with Crippen LogP contribution in [0.2, 0.25) is 0 Å². The maximum Gasteiger partial charge on any atom is 0.220 e. The van der Waals surface area contributed by atoms with Crippen LogP contribution in [0.15, 0.2) is 28.2 Å². The second-order valence-electron chi connectivity index (χ2n) is 2.78. The van der Waals surface area contributed by atoms with E-state index in [0.29, 0.717) is 0 Å². The highest BCUT2D eigenvalue weighted by Gasteiger charge is 2.23. The summed E-state index contributed by atoms with van der Waals surface area (Å²) in [5.74, 6) is -1.11. The normalized spacial score (nSPS) is 19.9. The van der Waals surface area contributed by atoms with Gasteiger partial charge in [-0.15, -0.1) is 0 Å². The number of rotatable bonds is 1. The van der Waals surface area contributed by atoms with E-state index >= 15 is 0 Å². The number of nitrogens with zero attached hydrogens (tertiary/aromatic N) is 2. The number of hydrogen-bond acceptors (Lipinski definition) is 2. The lowest BCUT2D eigenvalue weighted by Gasteiger charge is -2.06. The molecule has 1 aliphatic heterocycles. The molecule has 2 nitrogen and oxygen atoms in total. The average molecular weight is 306 g/mol. The van der Waals surface area contributed by atoms with Crippen molar-refractivity contribution >= 4 is 34.9 Å². The first-order chi connectivity index (χ1) is 6.68. The van der Waals surface area contributed by atoms with E-state index in [4.69, 9.17) is 0 Å². The van der Waals surface area contributed by atoms with Gasteiger partial charge in [-0.05, 0) is 34.7 Å². The molecule has 0 radical (unpaired) electrons. The summed E-state index contributed by atoms with van der Waals surface area (Å²) in [4.78, 5) is 7.08. The standard InChI is InChI=1S/C9H5F2IN2/c10-7-3-5(12)1-2-6(7)8-9(11)14-4-13-8/h1-4,8H. The van der Waals surface area contributed by atoms with Gasteiger partial charge in [0.25, 0.3) is 0 Å². The second-order valence-corrected chi connectivity index (χ2v) is 4.03. The summed E-state index contributed by atoms with van der Waals surface area (Å²) in [6.07, 6.45) is 1.11. The average Bonchev–Trinajstić information content (AvgIpc) is 2.52. The minimum atomic E-state index is -0.896. The van der Waals surface area contributed by atoms with Crippen LogP contribution in [0.3, 0.4) is 0 Å². The zero-order valence-electron chi connectivity index (χ0n) is 6.92. The Labute approximate surface area is 92.9 Å². The third-order valence-electron chi connectivity index (χ3n) is 1.88. The van der Waals surface area contributed by atoms with Gasteiger partial charge in [0.1, 0.15) is 18.2 Å². The zero-order valence-corrected chi connectivity index (χ0v) is 9.07. The molecule has 0 bridgehead atoms. The predicted molar refractivity (Wildman–Crippen MR) is 58.9 cm³/mol. The van der Waals surface area contributed by atoms with Crippen LogP contribution in [0.25, 0.3) is 0 Å². The van der Waals surface area contributed by atoms with Gasteiger partial charge in [-0.2, -0.15) is 4.39 Å². The lowest BCUT2D eigenvalue weighted by atomic mass is 10.1. The Kier molecular flexibility index (Phi) is 2.58. The van der Waals surface area contributed by atoms with Gasteiger partial charge < -0.3 is 0 Å². The van der Waals surface area contributed by atoms with E-state index in [9.17, 15) is 8.78 Å². The minimum absolute atomic E-state index is 0.223. The van der Waals surface area contributed by atoms with Crippen molar-refractivity contribution < 1.29 is 8.78 Å². The summed E-state index contributed by atoms with van der Waals surface area (Å²) in [5, 5.41) is 0. The van der Waals surface area contributed by atoms with Crippen molar-refractivity contribution in [3.8, 4) is 0 Å². The fraction of sp³-hybridized carbons (Fsp3) is 0.111. The molecule has 1 aliphatic rings. The van der Waals surface area contributed by atoms with Crippen LogP contribution in [0, 0.1) is 9.39 Å². The SMILES string of the molecule is FC1=NC=NC1c1ccc(I)cc1F. The molecule has 0 saturated heterocycles. The first-order valence-electron chi connectivity index (χ1n) is 3.88. The van der Waals surface area contributed by atoms with Gasteiger partial charge >= 0.3 is 0 Å². The molecule has 0 spiro atoms. The second kappa shape index (κ2) is 3.72. The number of benzene rings is 1. The quantitative estimate of drug-likeness (QED) is 0.713. The van der Waals surface area contributed by atoms with E-state index in [2.05, 4.69) is 9.98 Å². The number of halogens is 3. The Morgan fingerprint density at radius 1 is 1.29 bits per heavy atom. The third kappa shape index (κ3) is 1.68. The third-order valence-corrected chi connectivity index (χ3v) is 2.55. The number of hydrogen-bond donors (Lipinski definition) is 0. The largest absolute Gasteiger partial charge is 0.256 e. The van der Waals surface area contributed by atoms with Gasteiger partial charge in [0.2, 0.25) is 5.97 Å². The molecule has 14 heavy (non-hydrogen) atoms.